The Balaban J connectivity index is 3.76. The second-order valence-corrected chi connectivity index (χ2v) is 4.00. The van der Waals surface area contributed by atoms with Gasteiger partial charge in [0, 0.05) is 13.1 Å². The number of carbonyl (C=O) groups is 4. The van der Waals surface area contributed by atoms with Crippen LogP contribution in [0.2, 0.25) is 0 Å². The third-order valence-electron chi connectivity index (χ3n) is 2.21. The normalized spacial score (nSPS) is 13.1. The Morgan fingerprint density at radius 2 is 1.10 bits per heavy atom. The molecule has 10 heteroatoms. The molecule has 20 heavy (non-hydrogen) atoms. The predicted molar refractivity (Wildman–Crippen MR) is 66.5 cm³/mol. The van der Waals surface area contributed by atoms with E-state index in [0.29, 0.717) is 0 Å². The van der Waals surface area contributed by atoms with Crippen molar-refractivity contribution >= 4 is 23.8 Å². The van der Waals surface area contributed by atoms with Gasteiger partial charge < -0.3 is 32.3 Å². The summed E-state index contributed by atoms with van der Waals surface area (Å²) in [5.74, 6) is -3.68. The van der Waals surface area contributed by atoms with Gasteiger partial charge in [-0.15, -0.1) is 0 Å². The van der Waals surface area contributed by atoms with Crippen molar-refractivity contribution in [2.24, 2.45) is 11.5 Å². The lowest BCUT2D eigenvalue weighted by Gasteiger charge is -2.10. The molecule has 0 aromatic carbocycles. The van der Waals surface area contributed by atoms with Crippen LogP contribution in [0, 0.1) is 0 Å². The van der Waals surface area contributed by atoms with Crippen molar-refractivity contribution in [1.29, 1.82) is 0 Å². The van der Waals surface area contributed by atoms with Crippen molar-refractivity contribution in [2.75, 3.05) is 13.1 Å². The molecule has 0 aromatic heterocycles. The quantitative estimate of drug-likeness (QED) is 0.240. The molecule has 0 saturated heterocycles. The highest BCUT2D eigenvalue weighted by Crippen LogP contribution is 1.89. The fourth-order valence-electron chi connectivity index (χ4n) is 1.12. The highest BCUT2D eigenvalue weighted by molar-refractivity contribution is 5.85. The summed E-state index contributed by atoms with van der Waals surface area (Å²) in [6, 6.07) is -2.56. The second-order valence-electron chi connectivity index (χ2n) is 4.00. The van der Waals surface area contributed by atoms with Crippen LogP contribution in [0.5, 0.6) is 0 Å². The Kier molecular flexibility index (Phi) is 7.85. The van der Waals surface area contributed by atoms with Crippen LogP contribution in [0.1, 0.15) is 12.8 Å². The molecule has 0 bridgehead atoms. The number of aliphatic carboxylic acids is 2. The summed E-state index contributed by atoms with van der Waals surface area (Å²) in [5, 5.41) is 21.7. The van der Waals surface area contributed by atoms with Gasteiger partial charge in [0.15, 0.2) is 0 Å². The average molecular weight is 290 g/mol. The van der Waals surface area contributed by atoms with Gasteiger partial charge in [0.2, 0.25) is 11.8 Å². The van der Waals surface area contributed by atoms with Gasteiger partial charge in [-0.1, -0.05) is 0 Å². The van der Waals surface area contributed by atoms with Crippen molar-refractivity contribution in [2.45, 2.75) is 24.9 Å². The van der Waals surface area contributed by atoms with E-state index in [1.54, 1.807) is 0 Å². The van der Waals surface area contributed by atoms with Crippen molar-refractivity contribution in [3.63, 3.8) is 0 Å². The van der Waals surface area contributed by atoms with Crippen molar-refractivity contribution in [1.82, 2.24) is 10.6 Å². The third kappa shape index (κ3) is 8.00. The standard InChI is InChI=1S/C10H18N4O6/c11-5(9(17)18)3-7(15)13-1-2-14-8(16)4-6(12)10(19)20/h5-6H,1-4,11-12H2,(H,13,15)(H,14,16)(H,17,18)(H,19,20)/t5-,6-/m0/s1. The molecule has 10 nitrogen and oxygen atoms in total. The molecule has 0 unspecified atom stereocenters. The Morgan fingerprint density at radius 3 is 1.35 bits per heavy atom. The molecule has 2 atom stereocenters. The number of nitrogens with one attached hydrogen (secondary N) is 2. The second kappa shape index (κ2) is 8.82. The van der Waals surface area contributed by atoms with E-state index in [1.807, 2.05) is 0 Å². The highest BCUT2D eigenvalue weighted by atomic mass is 16.4. The van der Waals surface area contributed by atoms with Crippen LogP contribution in [0.3, 0.4) is 0 Å². The van der Waals surface area contributed by atoms with Gasteiger partial charge in [0.25, 0.3) is 0 Å². The van der Waals surface area contributed by atoms with Gasteiger partial charge >= 0.3 is 11.9 Å². The van der Waals surface area contributed by atoms with E-state index in [0.717, 1.165) is 0 Å². The average Bonchev–Trinajstić information content (AvgIpc) is 2.34. The minimum Gasteiger partial charge on any atom is -0.480 e. The van der Waals surface area contributed by atoms with Gasteiger partial charge in [0.05, 0.1) is 12.8 Å². The van der Waals surface area contributed by atoms with Crippen molar-refractivity contribution < 1.29 is 29.4 Å². The van der Waals surface area contributed by atoms with Crippen LogP contribution in [0.25, 0.3) is 0 Å². The molecule has 0 fully saturated rings. The monoisotopic (exact) mass is 290 g/mol. The Bertz CT molecular complexity index is 350. The summed E-state index contributed by atoms with van der Waals surface area (Å²) in [6.07, 6.45) is -0.736. The fraction of sp³-hybridized carbons (Fsp3) is 0.600. The van der Waals surface area contributed by atoms with Crippen LogP contribution >= 0.6 is 0 Å². The van der Waals surface area contributed by atoms with Crippen LogP contribution in [0.15, 0.2) is 0 Å². The molecule has 0 aliphatic carbocycles. The summed E-state index contributed by atoms with van der Waals surface area (Å²) in [6.45, 7) is 0.137. The maximum absolute atomic E-state index is 11.2. The zero-order valence-electron chi connectivity index (χ0n) is 10.7. The number of carboxylic acid groups (broad SMARTS) is 2. The number of carbonyl (C=O) groups excluding carboxylic acids is 2. The fourth-order valence-corrected chi connectivity index (χ4v) is 1.12. The molecular weight excluding hydrogens is 272 g/mol. The topological polar surface area (TPSA) is 185 Å². The molecule has 0 rings (SSSR count). The molecule has 0 spiro atoms. The summed E-state index contributed by atoms with van der Waals surface area (Å²) in [5.41, 5.74) is 10.3. The van der Waals surface area contributed by atoms with Crippen LogP contribution in [-0.2, 0) is 19.2 Å². The Hall–Kier alpha value is -2.20. The molecule has 0 aromatic rings. The van der Waals surface area contributed by atoms with E-state index in [2.05, 4.69) is 10.6 Å². The van der Waals surface area contributed by atoms with Crippen LogP contribution < -0.4 is 22.1 Å². The lowest BCUT2D eigenvalue weighted by Crippen LogP contribution is -2.41. The van der Waals surface area contributed by atoms with Crippen LogP contribution in [-0.4, -0.2) is 59.1 Å². The van der Waals surface area contributed by atoms with Crippen molar-refractivity contribution in [3.05, 3.63) is 0 Å². The van der Waals surface area contributed by atoms with Gasteiger partial charge in [-0.3, -0.25) is 19.2 Å². The lowest BCUT2D eigenvalue weighted by molar-refractivity contribution is -0.141. The third-order valence-corrected chi connectivity index (χ3v) is 2.21. The Morgan fingerprint density at radius 1 is 0.800 bits per heavy atom. The molecule has 0 aliphatic rings. The summed E-state index contributed by atoms with van der Waals surface area (Å²) in [4.78, 5) is 43.2. The summed E-state index contributed by atoms with van der Waals surface area (Å²) < 4.78 is 0. The summed E-state index contributed by atoms with van der Waals surface area (Å²) in [7, 11) is 0. The largest absolute Gasteiger partial charge is 0.480 e. The molecule has 0 saturated carbocycles. The molecule has 0 heterocycles. The maximum Gasteiger partial charge on any atom is 0.321 e. The minimum absolute atomic E-state index is 0.0687. The van der Waals surface area contributed by atoms with Crippen LogP contribution in [0.4, 0.5) is 0 Å². The summed E-state index contributed by atoms with van der Waals surface area (Å²) >= 11 is 0. The molecule has 8 N–H and O–H groups in total. The Labute approximate surface area is 114 Å². The first-order valence-corrected chi connectivity index (χ1v) is 5.74. The van der Waals surface area contributed by atoms with Gasteiger partial charge in [-0.05, 0) is 0 Å². The zero-order valence-corrected chi connectivity index (χ0v) is 10.7. The minimum atomic E-state index is -1.28. The first kappa shape index (κ1) is 17.8. The number of nitrogens with two attached hydrogens (primary N) is 2. The smallest absolute Gasteiger partial charge is 0.321 e. The van der Waals surface area contributed by atoms with E-state index >= 15 is 0 Å². The predicted octanol–water partition coefficient (Wildman–Crippen LogP) is -3.18. The lowest BCUT2D eigenvalue weighted by atomic mass is 10.2. The molecular formula is C10H18N4O6. The van der Waals surface area contributed by atoms with Crippen molar-refractivity contribution in [3.8, 4) is 0 Å². The number of amides is 2. The van der Waals surface area contributed by atoms with E-state index in [-0.39, 0.29) is 25.9 Å². The number of hydrogen-bond donors (Lipinski definition) is 6. The van der Waals surface area contributed by atoms with E-state index < -0.39 is 35.8 Å². The number of carboxylic acids is 2. The first-order chi connectivity index (χ1) is 9.23. The van der Waals surface area contributed by atoms with Gasteiger partial charge in [-0.2, -0.15) is 0 Å². The SMILES string of the molecule is N[C@@H](CC(=O)NCCNC(=O)C[C@H](N)C(=O)O)C(=O)O. The number of hydrogen-bond acceptors (Lipinski definition) is 6. The molecule has 2 amide bonds. The van der Waals surface area contributed by atoms with Gasteiger partial charge in [0.1, 0.15) is 12.1 Å². The first-order valence-electron chi connectivity index (χ1n) is 5.74. The molecule has 0 aliphatic heterocycles. The van der Waals surface area contributed by atoms with E-state index in [4.69, 9.17) is 21.7 Å². The van der Waals surface area contributed by atoms with E-state index in [9.17, 15) is 19.2 Å². The van der Waals surface area contributed by atoms with E-state index in [1.165, 1.54) is 0 Å². The molecule has 114 valence electrons. The number of rotatable bonds is 9. The van der Waals surface area contributed by atoms with Gasteiger partial charge in [-0.25, -0.2) is 0 Å². The molecule has 0 radical (unpaired) electrons. The maximum atomic E-state index is 11.2. The zero-order chi connectivity index (χ0) is 15.7. The highest BCUT2D eigenvalue weighted by Gasteiger charge is 2.17.